The highest BCUT2D eigenvalue weighted by molar-refractivity contribution is 5.02. The number of hydrogen-bond acceptors (Lipinski definition) is 1. The number of unbranched alkanes of at least 4 members (excludes halogenated alkanes) is 2. The van der Waals surface area contributed by atoms with Crippen LogP contribution in [0, 0.1) is 23.2 Å². The SMILES string of the molecule is CC(C)(C)[N+](C)(C)CCCCCNCC12CC3CC(CC(C3)C1)C2.[Br-]. The van der Waals surface area contributed by atoms with E-state index in [-0.39, 0.29) is 17.0 Å². The topological polar surface area (TPSA) is 12.0 Å². The summed E-state index contributed by atoms with van der Waals surface area (Å²) in [4.78, 5) is 0. The predicted molar refractivity (Wildman–Crippen MR) is 104 cm³/mol. The Morgan fingerprint density at radius 3 is 1.88 bits per heavy atom. The first-order valence-electron chi connectivity index (χ1n) is 10.7. The highest BCUT2D eigenvalue weighted by Gasteiger charge is 2.50. The Balaban J connectivity index is 0.00000225. The van der Waals surface area contributed by atoms with Gasteiger partial charge in [-0.15, -0.1) is 0 Å². The second-order valence-electron chi connectivity index (χ2n) is 11.2. The fourth-order valence-electron chi connectivity index (χ4n) is 6.13. The Bertz CT molecular complexity index is 389. The van der Waals surface area contributed by atoms with Gasteiger partial charge in [0.05, 0.1) is 26.2 Å². The number of halogens is 1. The molecule has 0 unspecified atom stereocenters. The molecule has 4 saturated carbocycles. The Morgan fingerprint density at radius 1 is 0.880 bits per heavy atom. The van der Waals surface area contributed by atoms with Gasteiger partial charge in [-0.3, -0.25) is 0 Å². The van der Waals surface area contributed by atoms with Gasteiger partial charge < -0.3 is 26.8 Å². The van der Waals surface area contributed by atoms with Crippen LogP contribution in [0.15, 0.2) is 0 Å². The largest absolute Gasteiger partial charge is 1.00 e. The molecule has 4 bridgehead atoms. The predicted octanol–water partition coefficient (Wildman–Crippen LogP) is 1.84. The lowest BCUT2D eigenvalue weighted by atomic mass is 9.49. The molecule has 148 valence electrons. The van der Waals surface area contributed by atoms with E-state index in [1.165, 1.54) is 38.9 Å². The molecule has 25 heavy (non-hydrogen) atoms. The number of hydrogen-bond donors (Lipinski definition) is 1. The first kappa shape index (κ1) is 21.7. The molecular formula is C22H43BrN2. The molecule has 0 amide bonds. The highest BCUT2D eigenvalue weighted by Crippen LogP contribution is 2.59. The summed E-state index contributed by atoms with van der Waals surface area (Å²) < 4.78 is 1.13. The summed E-state index contributed by atoms with van der Waals surface area (Å²) in [6.45, 7) is 10.9. The lowest BCUT2D eigenvalue weighted by Gasteiger charge is -2.57. The maximum atomic E-state index is 3.87. The summed E-state index contributed by atoms with van der Waals surface area (Å²) >= 11 is 0. The fraction of sp³-hybridized carbons (Fsp3) is 1.00. The Labute approximate surface area is 167 Å². The van der Waals surface area contributed by atoms with Crippen LogP contribution in [0.5, 0.6) is 0 Å². The van der Waals surface area contributed by atoms with E-state index in [1.807, 2.05) is 0 Å². The van der Waals surface area contributed by atoms with Crippen molar-refractivity contribution < 1.29 is 21.5 Å². The average Bonchev–Trinajstić information content (AvgIpc) is 2.43. The number of rotatable bonds is 8. The lowest BCUT2D eigenvalue weighted by molar-refractivity contribution is -0.935. The molecule has 4 rings (SSSR count). The van der Waals surface area contributed by atoms with Crippen molar-refractivity contribution in [1.82, 2.24) is 5.32 Å². The van der Waals surface area contributed by atoms with Gasteiger partial charge in [-0.2, -0.15) is 0 Å². The third-order valence-corrected chi connectivity index (χ3v) is 8.05. The van der Waals surface area contributed by atoms with Crippen LogP contribution in [0.2, 0.25) is 0 Å². The summed E-state index contributed by atoms with van der Waals surface area (Å²) in [5.74, 6) is 3.28. The van der Waals surface area contributed by atoms with Gasteiger partial charge in [0.25, 0.3) is 0 Å². The molecule has 2 nitrogen and oxygen atoms in total. The summed E-state index contributed by atoms with van der Waals surface area (Å²) in [5, 5.41) is 3.87. The van der Waals surface area contributed by atoms with Crippen molar-refractivity contribution in [1.29, 1.82) is 0 Å². The van der Waals surface area contributed by atoms with Crippen molar-refractivity contribution in [3.63, 3.8) is 0 Å². The third-order valence-electron chi connectivity index (χ3n) is 8.05. The van der Waals surface area contributed by atoms with Crippen LogP contribution in [0.25, 0.3) is 0 Å². The fourth-order valence-corrected chi connectivity index (χ4v) is 6.13. The van der Waals surface area contributed by atoms with Crippen molar-refractivity contribution in [2.24, 2.45) is 23.2 Å². The first-order valence-corrected chi connectivity index (χ1v) is 10.7. The van der Waals surface area contributed by atoms with Crippen molar-refractivity contribution in [2.75, 3.05) is 33.7 Å². The molecule has 0 aromatic rings. The van der Waals surface area contributed by atoms with E-state index >= 15 is 0 Å². The van der Waals surface area contributed by atoms with Crippen LogP contribution in [-0.4, -0.2) is 43.8 Å². The van der Waals surface area contributed by atoms with E-state index < -0.39 is 0 Å². The lowest BCUT2D eigenvalue weighted by Crippen LogP contribution is -3.00. The van der Waals surface area contributed by atoms with E-state index in [2.05, 4.69) is 40.2 Å². The van der Waals surface area contributed by atoms with Gasteiger partial charge in [-0.05, 0) is 108 Å². The molecule has 0 aliphatic heterocycles. The van der Waals surface area contributed by atoms with E-state index in [1.54, 1.807) is 38.5 Å². The second-order valence-corrected chi connectivity index (χ2v) is 11.2. The number of nitrogens with zero attached hydrogens (tertiary/aromatic N) is 1. The van der Waals surface area contributed by atoms with Crippen molar-refractivity contribution in [2.45, 2.75) is 84.1 Å². The molecule has 0 aromatic carbocycles. The van der Waals surface area contributed by atoms with Crippen molar-refractivity contribution in [3.8, 4) is 0 Å². The van der Waals surface area contributed by atoms with Gasteiger partial charge in [-0.1, -0.05) is 0 Å². The first-order chi connectivity index (χ1) is 11.2. The molecule has 0 heterocycles. The van der Waals surface area contributed by atoms with Gasteiger partial charge >= 0.3 is 0 Å². The minimum absolute atomic E-state index is 0. The maximum Gasteiger partial charge on any atom is 0.0903 e. The zero-order valence-corrected chi connectivity index (χ0v) is 19.1. The minimum atomic E-state index is 0. The van der Waals surface area contributed by atoms with Gasteiger partial charge in [0.15, 0.2) is 0 Å². The Morgan fingerprint density at radius 2 is 1.40 bits per heavy atom. The Hall–Kier alpha value is 0.400. The van der Waals surface area contributed by atoms with Crippen LogP contribution in [0.3, 0.4) is 0 Å². The van der Waals surface area contributed by atoms with Gasteiger partial charge in [0, 0.05) is 6.54 Å². The minimum Gasteiger partial charge on any atom is -1.00 e. The molecule has 4 aliphatic rings. The van der Waals surface area contributed by atoms with Crippen molar-refractivity contribution >= 4 is 0 Å². The summed E-state index contributed by atoms with van der Waals surface area (Å²) in [7, 11) is 4.76. The van der Waals surface area contributed by atoms with Crippen LogP contribution in [0.1, 0.15) is 78.6 Å². The quantitative estimate of drug-likeness (QED) is 0.471. The summed E-state index contributed by atoms with van der Waals surface area (Å²) in [6, 6.07) is 0. The zero-order chi connectivity index (χ0) is 17.4. The average molecular weight is 416 g/mol. The molecule has 3 heteroatoms. The molecule has 4 fully saturated rings. The summed E-state index contributed by atoms with van der Waals surface area (Å²) in [5.41, 5.74) is 1.07. The van der Waals surface area contributed by atoms with Gasteiger partial charge in [-0.25, -0.2) is 0 Å². The smallest absolute Gasteiger partial charge is 0.0903 e. The summed E-state index contributed by atoms with van der Waals surface area (Å²) in [6.07, 6.45) is 13.4. The molecular weight excluding hydrogens is 372 g/mol. The highest BCUT2D eigenvalue weighted by atomic mass is 79.9. The molecule has 4 aliphatic carbocycles. The van der Waals surface area contributed by atoms with Crippen molar-refractivity contribution in [3.05, 3.63) is 0 Å². The standard InChI is InChI=1S/C22H43N2.BrH/c1-21(2,3)24(4,5)10-8-6-7-9-23-17-22-14-18-11-19(15-22)13-20(12-18)16-22;/h18-20,23H,6-17H2,1-5H3;1H/q+1;/p-1. The number of nitrogens with one attached hydrogen (secondary N) is 1. The van der Waals surface area contributed by atoms with E-state index in [4.69, 9.17) is 0 Å². The normalized spacial score (nSPS) is 34.2. The molecule has 1 N–H and O–H groups in total. The van der Waals surface area contributed by atoms with E-state index in [9.17, 15) is 0 Å². The van der Waals surface area contributed by atoms with Crippen LogP contribution in [-0.2, 0) is 0 Å². The Kier molecular flexibility index (Phi) is 7.10. The van der Waals surface area contributed by atoms with Crippen LogP contribution in [0.4, 0.5) is 0 Å². The van der Waals surface area contributed by atoms with Crippen LogP contribution < -0.4 is 22.3 Å². The second kappa shape index (κ2) is 8.19. The van der Waals surface area contributed by atoms with E-state index in [0.717, 1.165) is 22.2 Å². The maximum absolute atomic E-state index is 3.87. The zero-order valence-electron chi connectivity index (χ0n) is 17.5. The van der Waals surface area contributed by atoms with Gasteiger partial charge in [0.2, 0.25) is 0 Å². The number of quaternary nitrogens is 1. The molecule has 0 radical (unpaired) electrons. The molecule has 0 spiro atoms. The van der Waals surface area contributed by atoms with E-state index in [0.29, 0.717) is 11.0 Å². The molecule has 0 aromatic heterocycles. The van der Waals surface area contributed by atoms with Gasteiger partial charge in [0.1, 0.15) is 0 Å². The third kappa shape index (κ3) is 5.23. The molecule has 0 atom stereocenters. The molecule has 0 saturated heterocycles. The van der Waals surface area contributed by atoms with Crippen LogP contribution >= 0.6 is 0 Å². The monoisotopic (exact) mass is 414 g/mol.